The SMILES string of the molecule is [N-]=[N+]=N[C@H]1[C@H](OCc2ccccc2)OC[C@@H]1O. The molecular weight excluding hydrogens is 222 g/mol. The van der Waals surface area contributed by atoms with E-state index in [1.807, 2.05) is 30.3 Å². The predicted molar refractivity (Wildman–Crippen MR) is 59.9 cm³/mol. The molecule has 1 aliphatic heterocycles. The highest BCUT2D eigenvalue weighted by molar-refractivity contribution is 5.13. The van der Waals surface area contributed by atoms with Crippen LogP contribution in [0.25, 0.3) is 10.4 Å². The summed E-state index contributed by atoms with van der Waals surface area (Å²) < 4.78 is 10.7. The van der Waals surface area contributed by atoms with Gasteiger partial charge in [-0.1, -0.05) is 35.4 Å². The lowest BCUT2D eigenvalue weighted by atomic mass is 10.2. The van der Waals surface area contributed by atoms with Gasteiger partial charge in [0.25, 0.3) is 0 Å². The minimum Gasteiger partial charge on any atom is -0.390 e. The molecule has 1 aliphatic rings. The van der Waals surface area contributed by atoms with Crippen molar-refractivity contribution >= 4 is 0 Å². The Balaban J connectivity index is 1.93. The van der Waals surface area contributed by atoms with E-state index < -0.39 is 18.4 Å². The highest BCUT2D eigenvalue weighted by Gasteiger charge is 2.36. The van der Waals surface area contributed by atoms with Gasteiger partial charge >= 0.3 is 0 Å². The van der Waals surface area contributed by atoms with E-state index >= 15 is 0 Å². The highest BCUT2D eigenvalue weighted by Crippen LogP contribution is 2.20. The van der Waals surface area contributed by atoms with Crippen LogP contribution in [0.5, 0.6) is 0 Å². The Labute approximate surface area is 98.4 Å². The number of nitrogens with zero attached hydrogens (tertiary/aromatic N) is 3. The van der Waals surface area contributed by atoms with Crippen LogP contribution in [-0.2, 0) is 16.1 Å². The Morgan fingerprint density at radius 2 is 2.24 bits per heavy atom. The molecule has 1 aromatic rings. The molecule has 6 heteroatoms. The van der Waals surface area contributed by atoms with E-state index in [2.05, 4.69) is 10.0 Å². The zero-order chi connectivity index (χ0) is 12.1. The van der Waals surface area contributed by atoms with Crippen molar-refractivity contribution in [1.29, 1.82) is 0 Å². The Morgan fingerprint density at radius 3 is 2.94 bits per heavy atom. The minimum absolute atomic E-state index is 0.128. The molecule has 0 aromatic heterocycles. The second kappa shape index (κ2) is 5.65. The third-order valence-electron chi connectivity index (χ3n) is 2.55. The molecule has 1 heterocycles. The summed E-state index contributed by atoms with van der Waals surface area (Å²) in [5, 5.41) is 13.0. The summed E-state index contributed by atoms with van der Waals surface area (Å²) in [6, 6.07) is 8.91. The fraction of sp³-hybridized carbons (Fsp3) is 0.455. The second-order valence-corrected chi connectivity index (χ2v) is 3.76. The summed E-state index contributed by atoms with van der Waals surface area (Å²) in [7, 11) is 0. The molecule has 6 nitrogen and oxygen atoms in total. The van der Waals surface area contributed by atoms with Crippen LogP contribution >= 0.6 is 0 Å². The molecule has 0 aliphatic carbocycles. The summed E-state index contributed by atoms with van der Waals surface area (Å²) in [5.41, 5.74) is 9.38. The van der Waals surface area contributed by atoms with Crippen LogP contribution in [0, 0.1) is 0 Å². The molecule has 0 amide bonds. The number of azide groups is 1. The van der Waals surface area contributed by atoms with Crippen molar-refractivity contribution in [2.45, 2.75) is 25.0 Å². The summed E-state index contributed by atoms with van der Waals surface area (Å²) >= 11 is 0. The van der Waals surface area contributed by atoms with E-state index in [1.54, 1.807) is 0 Å². The van der Waals surface area contributed by atoms with Gasteiger partial charge in [-0.2, -0.15) is 0 Å². The van der Waals surface area contributed by atoms with Gasteiger partial charge in [-0.05, 0) is 11.1 Å². The number of aliphatic hydroxyl groups excluding tert-OH is 1. The maximum absolute atomic E-state index is 9.52. The van der Waals surface area contributed by atoms with Crippen LogP contribution in [0.4, 0.5) is 0 Å². The van der Waals surface area contributed by atoms with E-state index in [1.165, 1.54) is 0 Å². The van der Waals surface area contributed by atoms with Gasteiger partial charge in [0.2, 0.25) is 0 Å². The Hall–Kier alpha value is -1.59. The number of ether oxygens (including phenoxy) is 2. The summed E-state index contributed by atoms with van der Waals surface area (Å²) in [6.45, 7) is 0.485. The van der Waals surface area contributed by atoms with Crippen LogP contribution in [0.3, 0.4) is 0 Å². The van der Waals surface area contributed by atoms with Crippen molar-refractivity contribution in [1.82, 2.24) is 0 Å². The van der Waals surface area contributed by atoms with Gasteiger partial charge < -0.3 is 14.6 Å². The second-order valence-electron chi connectivity index (χ2n) is 3.76. The first kappa shape index (κ1) is 11.9. The van der Waals surface area contributed by atoms with Gasteiger partial charge in [0.05, 0.1) is 19.3 Å². The normalized spacial score (nSPS) is 27.7. The van der Waals surface area contributed by atoms with Crippen molar-refractivity contribution < 1.29 is 14.6 Å². The fourth-order valence-corrected chi connectivity index (χ4v) is 1.66. The lowest BCUT2D eigenvalue weighted by Crippen LogP contribution is -2.29. The number of benzene rings is 1. The molecular formula is C11H13N3O3. The summed E-state index contributed by atoms with van der Waals surface area (Å²) in [5.74, 6) is 0. The molecule has 1 aromatic carbocycles. The predicted octanol–water partition coefficient (Wildman–Crippen LogP) is 1.60. The van der Waals surface area contributed by atoms with Gasteiger partial charge in [0, 0.05) is 4.91 Å². The van der Waals surface area contributed by atoms with Crippen LogP contribution in [0.15, 0.2) is 35.4 Å². The standard InChI is InChI=1S/C11H13N3O3/c12-14-13-10-9(15)7-17-11(10)16-6-8-4-2-1-3-5-8/h1-5,9-11,15H,6-7H2/t9-,10+,11+/m0/s1. The summed E-state index contributed by atoms with van der Waals surface area (Å²) in [6.07, 6.45) is -1.48. The van der Waals surface area contributed by atoms with Crippen molar-refractivity contribution in [2.24, 2.45) is 5.11 Å². The average molecular weight is 235 g/mol. The zero-order valence-corrected chi connectivity index (χ0v) is 9.14. The van der Waals surface area contributed by atoms with Gasteiger partial charge in [-0.3, -0.25) is 0 Å². The van der Waals surface area contributed by atoms with Gasteiger partial charge in [-0.25, -0.2) is 0 Å². The molecule has 90 valence electrons. The maximum Gasteiger partial charge on any atom is 0.169 e. The molecule has 1 saturated heterocycles. The molecule has 1 N–H and O–H groups in total. The zero-order valence-electron chi connectivity index (χ0n) is 9.14. The number of hydrogen-bond acceptors (Lipinski definition) is 4. The molecule has 0 spiro atoms. The van der Waals surface area contributed by atoms with Gasteiger partial charge in [0.15, 0.2) is 6.29 Å². The molecule has 17 heavy (non-hydrogen) atoms. The van der Waals surface area contributed by atoms with E-state index in [0.717, 1.165) is 5.56 Å². The van der Waals surface area contributed by atoms with E-state index in [-0.39, 0.29) is 6.61 Å². The smallest absolute Gasteiger partial charge is 0.169 e. The molecule has 0 radical (unpaired) electrons. The third-order valence-corrected chi connectivity index (χ3v) is 2.55. The monoisotopic (exact) mass is 235 g/mol. The van der Waals surface area contributed by atoms with Gasteiger partial charge in [0.1, 0.15) is 6.04 Å². The highest BCUT2D eigenvalue weighted by atomic mass is 16.7. The van der Waals surface area contributed by atoms with Gasteiger partial charge in [-0.15, -0.1) is 0 Å². The molecule has 0 unspecified atom stereocenters. The quantitative estimate of drug-likeness (QED) is 0.488. The van der Waals surface area contributed by atoms with Crippen molar-refractivity contribution in [2.75, 3.05) is 6.61 Å². The maximum atomic E-state index is 9.52. The third kappa shape index (κ3) is 2.95. The van der Waals surface area contributed by atoms with Crippen LogP contribution in [0.2, 0.25) is 0 Å². The Kier molecular flexibility index (Phi) is 3.95. The summed E-state index contributed by atoms with van der Waals surface area (Å²) in [4.78, 5) is 2.68. The molecule has 0 saturated carbocycles. The van der Waals surface area contributed by atoms with E-state index in [0.29, 0.717) is 6.61 Å². The molecule has 1 fully saturated rings. The molecule has 3 atom stereocenters. The fourth-order valence-electron chi connectivity index (χ4n) is 1.66. The largest absolute Gasteiger partial charge is 0.390 e. The van der Waals surface area contributed by atoms with Crippen LogP contribution in [-0.4, -0.2) is 30.1 Å². The number of aliphatic hydroxyl groups is 1. The molecule has 0 bridgehead atoms. The minimum atomic E-state index is -0.799. The topological polar surface area (TPSA) is 87.5 Å². The first-order chi connectivity index (χ1) is 8.31. The first-order valence-corrected chi connectivity index (χ1v) is 5.30. The number of rotatable bonds is 4. The van der Waals surface area contributed by atoms with Crippen LogP contribution in [0.1, 0.15) is 5.56 Å². The number of hydrogen-bond donors (Lipinski definition) is 1. The lowest BCUT2D eigenvalue weighted by molar-refractivity contribution is -0.125. The van der Waals surface area contributed by atoms with Crippen molar-refractivity contribution in [3.8, 4) is 0 Å². The Bertz CT molecular complexity index is 406. The van der Waals surface area contributed by atoms with Crippen molar-refractivity contribution in [3.05, 3.63) is 46.3 Å². The van der Waals surface area contributed by atoms with E-state index in [9.17, 15) is 5.11 Å². The average Bonchev–Trinajstić information content (AvgIpc) is 2.70. The first-order valence-electron chi connectivity index (χ1n) is 5.30. The van der Waals surface area contributed by atoms with Crippen molar-refractivity contribution in [3.63, 3.8) is 0 Å². The lowest BCUT2D eigenvalue weighted by Gasteiger charge is -2.16. The molecule has 2 rings (SSSR count). The van der Waals surface area contributed by atoms with Crippen LogP contribution < -0.4 is 0 Å². The Morgan fingerprint density at radius 1 is 1.47 bits per heavy atom. The van der Waals surface area contributed by atoms with E-state index in [4.69, 9.17) is 15.0 Å².